The highest BCUT2D eigenvalue weighted by molar-refractivity contribution is 5.95. The number of rotatable bonds is 5. The van der Waals surface area contributed by atoms with E-state index in [4.69, 9.17) is 0 Å². The van der Waals surface area contributed by atoms with Crippen LogP contribution < -0.4 is 5.32 Å². The molecule has 0 aliphatic heterocycles. The maximum atomic E-state index is 14.2. The topological polar surface area (TPSA) is 49.4 Å². The maximum absolute atomic E-state index is 14.2. The molecular formula is C17H13F5N2O2. The molecule has 1 N–H and O–H groups in total. The Morgan fingerprint density at radius 2 is 1.62 bits per heavy atom. The van der Waals surface area contributed by atoms with Crippen LogP contribution in [0.2, 0.25) is 0 Å². The van der Waals surface area contributed by atoms with Gasteiger partial charge in [-0.3, -0.25) is 9.59 Å². The number of carbonyl (C=O) groups excluding carboxylic acids is 2. The van der Waals surface area contributed by atoms with Crippen LogP contribution in [0.3, 0.4) is 0 Å². The zero-order chi connectivity index (χ0) is 19.5. The number of likely N-dealkylation sites (N-methyl/N-ethyl adjacent to an activating group) is 1. The van der Waals surface area contributed by atoms with Gasteiger partial charge in [-0.1, -0.05) is 30.3 Å². The smallest absolute Gasteiger partial charge is 0.331 e. The zero-order valence-electron chi connectivity index (χ0n) is 13.4. The van der Waals surface area contributed by atoms with Crippen LogP contribution in [-0.2, 0) is 15.5 Å². The number of hydrogen-bond donors (Lipinski definition) is 1. The van der Waals surface area contributed by atoms with E-state index >= 15 is 0 Å². The highest BCUT2D eigenvalue weighted by Crippen LogP contribution is 2.29. The number of benzene rings is 2. The molecule has 9 heteroatoms. The van der Waals surface area contributed by atoms with Crippen molar-refractivity contribution in [3.63, 3.8) is 0 Å². The van der Waals surface area contributed by atoms with Crippen molar-refractivity contribution in [1.29, 1.82) is 0 Å². The first kappa shape index (κ1) is 19.4. The Kier molecular flexibility index (Phi) is 5.59. The summed E-state index contributed by atoms with van der Waals surface area (Å²) in [7, 11) is 0.959. The number of halogens is 5. The van der Waals surface area contributed by atoms with Gasteiger partial charge in [0.1, 0.15) is 0 Å². The minimum Gasteiger partial charge on any atom is -0.331 e. The number of amides is 2. The number of nitrogens with one attached hydrogen (secondary N) is 1. The summed E-state index contributed by atoms with van der Waals surface area (Å²) in [6.45, 7) is -0.848. The van der Waals surface area contributed by atoms with Crippen LogP contribution in [0.25, 0.3) is 0 Å². The largest absolute Gasteiger partial charge is 0.349 e. The van der Waals surface area contributed by atoms with Crippen LogP contribution in [0.4, 0.5) is 27.6 Å². The summed E-state index contributed by atoms with van der Waals surface area (Å²) in [6, 6.07) is 7.63. The molecule has 4 nitrogen and oxygen atoms in total. The van der Waals surface area contributed by atoms with E-state index in [1.54, 1.807) is 0 Å². The SMILES string of the molecule is CN(CC(=O)Nc1ccc(F)c(F)c1F)C(=O)C(F)(F)c1ccccc1. The molecule has 0 saturated carbocycles. The van der Waals surface area contributed by atoms with Crippen molar-refractivity contribution >= 4 is 17.5 Å². The lowest BCUT2D eigenvalue weighted by Gasteiger charge is -2.23. The Labute approximate surface area is 145 Å². The minimum absolute atomic E-state index is 0.445. The highest BCUT2D eigenvalue weighted by atomic mass is 19.3. The second-order valence-electron chi connectivity index (χ2n) is 5.37. The molecule has 2 aromatic rings. The third kappa shape index (κ3) is 3.98. The van der Waals surface area contributed by atoms with Crippen molar-refractivity contribution in [3.05, 3.63) is 65.5 Å². The molecule has 26 heavy (non-hydrogen) atoms. The molecule has 2 rings (SSSR count). The zero-order valence-corrected chi connectivity index (χ0v) is 13.4. The summed E-state index contributed by atoms with van der Waals surface area (Å²) >= 11 is 0. The van der Waals surface area contributed by atoms with Crippen molar-refractivity contribution in [2.24, 2.45) is 0 Å². The van der Waals surface area contributed by atoms with Gasteiger partial charge in [0.2, 0.25) is 5.91 Å². The molecule has 2 amide bonds. The first-order valence-electron chi connectivity index (χ1n) is 7.27. The first-order valence-corrected chi connectivity index (χ1v) is 7.27. The average Bonchev–Trinajstić information content (AvgIpc) is 2.62. The van der Waals surface area contributed by atoms with Crippen LogP contribution in [0.5, 0.6) is 0 Å². The van der Waals surface area contributed by atoms with Crippen LogP contribution in [0.15, 0.2) is 42.5 Å². The molecule has 138 valence electrons. The van der Waals surface area contributed by atoms with E-state index in [2.05, 4.69) is 0 Å². The third-order valence-electron chi connectivity index (χ3n) is 3.44. The molecule has 0 saturated heterocycles. The predicted molar refractivity (Wildman–Crippen MR) is 82.9 cm³/mol. The van der Waals surface area contributed by atoms with Crippen molar-refractivity contribution in [1.82, 2.24) is 4.90 Å². The lowest BCUT2D eigenvalue weighted by Crippen LogP contribution is -2.43. The van der Waals surface area contributed by atoms with E-state index in [-0.39, 0.29) is 0 Å². The summed E-state index contributed by atoms with van der Waals surface area (Å²) in [5.41, 5.74) is -1.23. The number of hydrogen-bond acceptors (Lipinski definition) is 2. The number of carbonyl (C=O) groups is 2. The lowest BCUT2D eigenvalue weighted by molar-refractivity contribution is -0.158. The molecule has 2 aromatic carbocycles. The molecule has 0 fully saturated rings. The number of anilines is 1. The van der Waals surface area contributed by atoms with Gasteiger partial charge in [0.05, 0.1) is 12.2 Å². The van der Waals surface area contributed by atoms with E-state index in [1.165, 1.54) is 18.2 Å². The van der Waals surface area contributed by atoms with Crippen LogP contribution in [-0.4, -0.2) is 30.3 Å². The Balaban J connectivity index is 2.07. The molecule has 0 aromatic heterocycles. The predicted octanol–water partition coefficient (Wildman–Crippen LogP) is 3.29. The van der Waals surface area contributed by atoms with Gasteiger partial charge in [-0.15, -0.1) is 0 Å². The van der Waals surface area contributed by atoms with Gasteiger partial charge in [-0.2, -0.15) is 8.78 Å². The van der Waals surface area contributed by atoms with Crippen molar-refractivity contribution in [3.8, 4) is 0 Å². The molecule has 0 aliphatic carbocycles. The average molecular weight is 372 g/mol. The van der Waals surface area contributed by atoms with Crippen LogP contribution in [0, 0.1) is 17.5 Å². The molecule has 0 bridgehead atoms. The summed E-state index contributed by atoms with van der Waals surface area (Å²) in [6.07, 6.45) is 0. The molecule has 0 unspecified atom stereocenters. The fourth-order valence-electron chi connectivity index (χ4n) is 2.11. The quantitative estimate of drug-likeness (QED) is 0.647. The van der Waals surface area contributed by atoms with E-state index in [1.807, 2.05) is 5.32 Å². The van der Waals surface area contributed by atoms with E-state index < -0.39 is 53.0 Å². The molecule has 0 heterocycles. The lowest BCUT2D eigenvalue weighted by atomic mass is 10.1. The van der Waals surface area contributed by atoms with Gasteiger partial charge in [-0.25, -0.2) is 13.2 Å². The summed E-state index contributed by atoms with van der Waals surface area (Å²) in [4.78, 5) is 24.2. The van der Waals surface area contributed by atoms with Crippen LogP contribution >= 0.6 is 0 Å². The summed E-state index contributed by atoms with van der Waals surface area (Å²) < 4.78 is 67.8. The standard InChI is InChI=1S/C17H13F5N2O2/c1-24(16(26)17(21,22)10-5-3-2-4-6-10)9-13(25)23-12-8-7-11(18)14(19)15(12)20/h2-8H,9H2,1H3,(H,23,25). The Bertz CT molecular complexity index is 827. The van der Waals surface area contributed by atoms with E-state index in [0.717, 1.165) is 25.2 Å². The monoisotopic (exact) mass is 372 g/mol. The second kappa shape index (κ2) is 7.51. The number of alkyl halides is 2. The fraction of sp³-hybridized carbons (Fsp3) is 0.176. The molecular weight excluding hydrogens is 359 g/mol. The van der Waals surface area contributed by atoms with Gasteiger partial charge in [-0.05, 0) is 12.1 Å². The van der Waals surface area contributed by atoms with Gasteiger partial charge < -0.3 is 10.2 Å². The van der Waals surface area contributed by atoms with Gasteiger partial charge in [0, 0.05) is 12.6 Å². The summed E-state index contributed by atoms with van der Waals surface area (Å²) in [5, 5.41) is 1.90. The maximum Gasteiger partial charge on any atom is 0.349 e. The Hall–Kier alpha value is -2.97. The normalized spacial score (nSPS) is 11.2. The Morgan fingerprint density at radius 1 is 1.00 bits per heavy atom. The first-order chi connectivity index (χ1) is 12.1. The molecule has 0 atom stereocenters. The van der Waals surface area contributed by atoms with Gasteiger partial charge in [0.25, 0.3) is 5.91 Å². The third-order valence-corrected chi connectivity index (χ3v) is 3.44. The van der Waals surface area contributed by atoms with Gasteiger partial charge >= 0.3 is 5.92 Å². The molecule has 0 spiro atoms. The van der Waals surface area contributed by atoms with Crippen molar-refractivity contribution in [2.75, 3.05) is 18.9 Å². The van der Waals surface area contributed by atoms with E-state index in [0.29, 0.717) is 11.0 Å². The minimum atomic E-state index is -3.87. The van der Waals surface area contributed by atoms with E-state index in [9.17, 15) is 31.5 Å². The van der Waals surface area contributed by atoms with Gasteiger partial charge in [0.15, 0.2) is 17.5 Å². The molecule has 0 aliphatic rings. The van der Waals surface area contributed by atoms with Crippen molar-refractivity contribution in [2.45, 2.75) is 5.92 Å². The second-order valence-corrected chi connectivity index (χ2v) is 5.37. The summed E-state index contributed by atoms with van der Waals surface area (Å²) in [5.74, 6) is -11.5. The van der Waals surface area contributed by atoms with Crippen molar-refractivity contribution < 1.29 is 31.5 Å². The highest BCUT2D eigenvalue weighted by Gasteiger charge is 2.43. The number of nitrogens with zero attached hydrogens (tertiary/aromatic N) is 1. The Morgan fingerprint density at radius 3 is 2.23 bits per heavy atom. The van der Waals surface area contributed by atoms with Crippen LogP contribution in [0.1, 0.15) is 5.56 Å². The molecule has 0 radical (unpaired) electrons. The fourth-order valence-corrected chi connectivity index (χ4v) is 2.11.